The van der Waals surface area contributed by atoms with Crippen molar-refractivity contribution in [3.05, 3.63) is 0 Å². The van der Waals surface area contributed by atoms with E-state index < -0.39 is 32.5 Å². The lowest BCUT2D eigenvalue weighted by atomic mass is 10.0. The van der Waals surface area contributed by atoms with Crippen molar-refractivity contribution in [2.75, 3.05) is 47.1 Å². The Balaban J connectivity index is 5.35. The normalized spacial score (nSPS) is 13.0. The Morgan fingerprint density at radius 2 is 0.746 bits per heavy atom. The van der Waals surface area contributed by atoms with E-state index in [0.29, 0.717) is 6.54 Å². The van der Waals surface area contributed by atoms with Gasteiger partial charge in [-0.25, -0.2) is 4.57 Å². The molecule has 0 aliphatic heterocycles. The molecule has 0 saturated carbocycles. The van der Waals surface area contributed by atoms with E-state index in [0.717, 1.165) is 77.0 Å². The second-order valence-electron chi connectivity index (χ2n) is 18.7. The van der Waals surface area contributed by atoms with Crippen LogP contribution in [0.3, 0.4) is 0 Å². The van der Waals surface area contributed by atoms with E-state index >= 15 is 0 Å². The zero-order chi connectivity index (χ0) is 49.6. The van der Waals surface area contributed by atoms with Gasteiger partial charge >= 0.3 is 31.7 Å². The molecule has 0 amide bonds. The molecule has 0 aliphatic carbocycles. The average Bonchev–Trinajstić information content (AvgIpc) is 3.29. The number of ether oxygens (including phenoxy) is 4. The molecule has 0 aromatic heterocycles. The molecule has 0 aromatic carbocycles. The zero-order valence-corrected chi connectivity index (χ0v) is 45.0. The quantitative estimate of drug-likeness (QED) is 0.0246. The van der Waals surface area contributed by atoms with E-state index in [1.165, 1.54) is 103 Å². The van der Waals surface area contributed by atoms with Crippen molar-refractivity contribution in [3.63, 3.8) is 0 Å². The number of phosphoric acid groups is 1. The third-order valence-electron chi connectivity index (χ3n) is 11.9. The monoisotopic (exact) mass is 976 g/mol. The molecule has 1 unspecified atom stereocenters. The van der Waals surface area contributed by atoms with Gasteiger partial charge in [0.25, 0.3) is 0 Å². The third kappa shape index (κ3) is 42.5. The van der Waals surface area contributed by atoms with Crippen molar-refractivity contribution < 1.29 is 56.3 Å². The smallest absolute Gasteiger partial charge is 0.462 e. The number of likely N-dealkylation sites (N-methyl/N-ethyl adjacent to an activating group) is 1. The highest BCUT2D eigenvalue weighted by Gasteiger charge is 2.30. The predicted molar refractivity (Wildman–Crippen MR) is 270 cm³/mol. The summed E-state index contributed by atoms with van der Waals surface area (Å²) in [6.45, 7) is 10.3. The van der Waals surface area contributed by atoms with Crippen LogP contribution in [0, 0.1) is 0 Å². The molecule has 0 saturated heterocycles. The van der Waals surface area contributed by atoms with Crippen molar-refractivity contribution in [2.24, 2.45) is 0 Å². The SMILES string of the molecule is CCCCCCCCC(CCCCCCCC)OC(=O)CCCC(=O)OC[C@H](COP(=O)(OCC)OCCN(C)C)OC(=O)CCCC(=O)OC(CCCCCCCC)CCCCCCCC. The minimum absolute atomic E-state index is 0.0396. The summed E-state index contributed by atoms with van der Waals surface area (Å²) in [5.74, 6) is -1.86. The molecule has 0 radical (unpaired) electrons. The summed E-state index contributed by atoms with van der Waals surface area (Å²) >= 11 is 0. The Bertz CT molecular complexity index is 1200. The number of hydrogen-bond acceptors (Lipinski definition) is 13. The number of phosphoric ester groups is 1. The lowest BCUT2D eigenvalue weighted by molar-refractivity contribution is -0.162. The fourth-order valence-corrected chi connectivity index (χ4v) is 8.97. The second-order valence-corrected chi connectivity index (χ2v) is 20.4. The first-order valence-corrected chi connectivity index (χ1v) is 28.8. The van der Waals surface area contributed by atoms with Gasteiger partial charge in [-0.05, 0) is 85.2 Å². The first-order chi connectivity index (χ1) is 32.4. The lowest BCUT2D eigenvalue weighted by Gasteiger charge is -2.22. The molecule has 0 heterocycles. The van der Waals surface area contributed by atoms with E-state index in [1.54, 1.807) is 6.92 Å². The number of carbonyl (C=O) groups excluding carboxylic acids is 4. The first-order valence-electron chi connectivity index (χ1n) is 27.3. The summed E-state index contributed by atoms with van der Waals surface area (Å²) in [6, 6.07) is 0. The van der Waals surface area contributed by atoms with Gasteiger partial charge in [0.15, 0.2) is 6.10 Å². The lowest BCUT2D eigenvalue weighted by Crippen LogP contribution is -2.30. The van der Waals surface area contributed by atoms with Crippen molar-refractivity contribution in [1.29, 1.82) is 0 Å². The maximum absolute atomic E-state index is 13.4. The Morgan fingerprint density at radius 3 is 1.10 bits per heavy atom. The van der Waals surface area contributed by atoms with Gasteiger partial charge in [-0.2, -0.15) is 0 Å². The van der Waals surface area contributed by atoms with Crippen molar-refractivity contribution in [2.45, 2.75) is 271 Å². The number of unbranched alkanes of at least 4 members (excludes halogenated alkanes) is 20. The Hall–Kier alpha value is -2.05. The molecule has 0 N–H and O–H groups in total. The van der Waals surface area contributed by atoms with Crippen LogP contribution < -0.4 is 0 Å². The van der Waals surface area contributed by atoms with Crippen LogP contribution in [0.25, 0.3) is 0 Å². The molecule has 14 heteroatoms. The predicted octanol–water partition coefficient (Wildman–Crippen LogP) is 14.3. The Kier molecular flexibility index (Phi) is 44.9. The standard InChI is InChI=1S/C53H102NO12P/c1-8-13-17-21-25-29-35-47(36-30-26-22-18-14-9-2)64-51(56)40-33-39-50(55)60-45-49(46-63-67(59,61-12-5)62-44-43-54(6)7)66-53(58)42-34-41-52(57)65-48(37-31-27-23-19-15-10-3)38-32-28-24-20-16-11-4/h47-49H,8-46H2,1-7H3/t49-,67?/m1/s1. The highest BCUT2D eigenvalue weighted by molar-refractivity contribution is 7.48. The topological polar surface area (TPSA) is 153 Å². The van der Waals surface area contributed by atoms with E-state index in [1.807, 2.05) is 19.0 Å². The van der Waals surface area contributed by atoms with Gasteiger partial charge in [0.2, 0.25) is 0 Å². The summed E-state index contributed by atoms with van der Waals surface area (Å²) < 4.78 is 52.9. The molecule has 67 heavy (non-hydrogen) atoms. The van der Waals surface area contributed by atoms with Crippen LogP contribution in [0.4, 0.5) is 0 Å². The van der Waals surface area contributed by atoms with E-state index in [4.69, 9.17) is 32.5 Å². The first kappa shape index (κ1) is 65.0. The molecule has 0 spiro atoms. The van der Waals surface area contributed by atoms with Crippen LogP contribution in [-0.4, -0.2) is 94.2 Å². The highest BCUT2D eigenvalue weighted by Crippen LogP contribution is 2.49. The average molecular weight is 976 g/mol. The van der Waals surface area contributed by atoms with Gasteiger partial charge in [0.05, 0.1) is 19.8 Å². The fourth-order valence-electron chi connectivity index (χ4n) is 7.78. The molecule has 0 aromatic rings. The summed E-state index contributed by atoms with van der Waals surface area (Å²) in [4.78, 5) is 53.8. The number of rotatable bonds is 50. The minimum Gasteiger partial charge on any atom is -0.462 e. The number of esters is 4. The van der Waals surface area contributed by atoms with Crippen LogP contribution in [-0.2, 0) is 56.3 Å². The van der Waals surface area contributed by atoms with Crippen LogP contribution >= 0.6 is 7.82 Å². The van der Waals surface area contributed by atoms with Crippen LogP contribution in [0.1, 0.15) is 253 Å². The molecular formula is C53H102NO12P. The van der Waals surface area contributed by atoms with Gasteiger partial charge in [-0.15, -0.1) is 0 Å². The minimum atomic E-state index is -4.04. The second kappa shape index (κ2) is 46.3. The number of nitrogens with zero attached hydrogens (tertiary/aromatic N) is 1. The molecule has 0 aliphatic rings. The fraction of sp³-hybridized carbons (Fsp3) is 0.925. The third-order valence-corrected chi connectivity index (χ3v) is 13.4. The van der Waals surface area contributed by atoms with Crippen molar-refractivity contribution in [1.82, 2.24) is 4.90 Å². The van der Waals surface area contributed by atoms with Gasteiger partial charge in [-0.1, -0.05) is 156 Å². The Labute approximate surface area is 409 Å². The summed E-state index contributed by atoms with van der Waals surface area (Å²) in [7, 11) is -0.348. The van der Waals surface area contributed by atoms with Gasteiger partial charge in [0.1, 0.15) is 18.8 Å². The number of hydrogen-bond donors (Lipinski definition) is 0. The van der Waals surface area contributed by atoms with Crippen molar-refractivity contribution >= 4 is 31.7 Å². The maximum atomic E-state index is 13.4. The van der Waals surface area contributed by atoms with Crippen molar-refractivity contribution in [3.8, 4) is 0 Å². The molecule has 0 rings (SSSR count). The van der Waals surface area contributed by atoms with Crippen LogP contribution in [0.5, 0.6) is 0 Å². The van der Waals surface area contributed by atoms with Crippen LogP contribution in [0.2, 0.25) is 0 Å². The molecule has 0 fully saturated rings. The van der Waals surface area contributed by atoms with E-state index in [9.17, 15) is 23.7 Å². The largest absolute Gasteiger partial charge is 0.474 e. The van der Waals surface area contributed by atoms with Crippen LogP contribution in [0.15, 0.2) is 0 Å². The molecule has 13 nitrogen and oxygen atoms in total. The highest BCUT2D eigenvalue weighted by atomic mass is 31.2. The van der Waals surface area contributed by atoms with Gasteiger partial charge < -0.3 is 23.8 Å². The van der Waals surface area contributed by atoms with E-state index in [-0.39, 0.29) is 82.5 Å². The summed E-state index contributed by atoms with van der Waals surface area (Å²) in [6.07, 6.45) is 30.7. The molecule has 2 atom stereocenters. The van der Waals surface area contributed by atoms with E-state index in [2.05, 4.69) is 27.7 Å². The maximum Gasteiger partial charge on any atom is 0.474 e. The molecular weight excluding hydrogens is 874 g/mol. The zero-order valence-electron chi connectivity index (χ0n) is 44.1. The number of carbonyl (C=O) groups is 4. The summed E-state index contributed by atoms with van der Waals surface area (Å²) in [5.41, 5.74) is 0. The Morgan fingerprint density at radius 1 is 0.403 bits per heavy atom. The molecule has 396 valence electrons. The summed E-state index contributed by atoms with van der Waals surface area (Å²) in [5, 5.41) is 0. The van der Waals surface area contributed by atoms with Gasteiger partial charge in [0, 0.05) is 32.2 Å². The van der Waals surface area contributed by atoms with Gasteiger partial charge in [-0.3, -0.25) is 32.7 Å². The molecule has 0 bridgehead atoms.